The highest BCUT2D eigenvalue weighted by Crippen LogP contribution is 2.09. The van der Waals surface area contributed by atoms with Crippen molar-refractivity contribution >= 4 is 11.9 Å². The van der Waals surface area contributed by atoms with Gasteiger partial charge in [-0.15, -0.1) is 0 Å². The van der Waals surface area contributed by atoms with Crippen LogP contribution >= 0.6 is 0 Å². The molecule has 21 heavy (non-hydrogen) atoms. The van der Waals surface area contributed by atoms with Crippen LogP contribution in [0, 0.1) is 0 Å². The quantitative estimate of drug-likeness (QED) is 0.560. The number of rotatable bonds is 7. The molecule has 6 nitrogen and oxygen atoms in total. The second kappa shape index (κ2) is 9.00. The van der Waals surface area contributed by atoms with Gasteiger partial charge in [0.05, 0.1) is 19.6 Å². The number of morpholine rings is 1. The van der Waals surface area contributed by atoms with Crippen molar-refractivity contribution < 1.29 is 19.1 Å². The monoisotopic (exact) mass is 300 g/mol. The zero-order chi connectivity index (χ0) is 15.7. The van der Waals surface area contributed by atoms with Crippen molar-refractivity contribution in [2.75, 3.05) is 39.4 Å². The van der Waals surface area contributed by atoms with Crippen LogP contribution in [0.2, 0.25) is 0 Å². The molecule has 0 aromatic carbocycles. The lowest BCUT2D eigenvalue weighted by molar-refractivity contribution is -0.155. The van der Waals surface area contributed by atoms with Gasteiger partial charge in [0.15, 0.2) is 0 Å². The normalized spacial score (nSPS) is 16.5. The second-order valence-corrected chi connectivity index (χ2v) is 6.24. The molecular weight excluding hydrogens is 272 g/mol. The lowest BCUT2D eigenvalue weighted by Gasteiger charge is -2.26. The summed E-state index contributed by atoms with van der Waals surface area (Å²) in [5.74, 6) is -0.422. The largest absolute Gasteiger partial charge is 0.460 e. The Balaban J connectivity index is 2.02. The lowest BCUT2D eigenvalue weighted by atomic mass is 10.2. The summed E-state index contributed by atoms with van der Waals surface area (Å²) in [7, 11) is 0. The molecule has 6 heteroatoms. The molecule has 1 fully saturated rings. The Hall–Kier alpha value is -1.14. The minimum atomic E-state index is -0.494. The molecule has 0 aromatic heterocycles. The van der Waals surface area contributed by atoms with Crippen LogP contribution in [0.15, 0.2) is 0 Å². The number of hydrogen-bond acceptors (Lipinski definition) is 5. The predicted octanol–water partition coefficient (Wildman–Crippen LogP) is 0.947. The van der Waals surface area contributed by atoms with E-state index in [0.29, 0.717) is 6.54 Å². The maximum atomic E-state index is 11.6. The summed E-state index contributed by atoms with van der Waals surface area (Å²) in [6, 6.07) is 0. The minimum Gasteiger partial charge on any atom is -0.460 e. The minimum absolute atomic E-state index is 0.0946. The number of carbonyl (C=O) groups excluding carboxylic acids is 2. The number of amides is 1. The van der Waals surface area contributed by atoms with E-state index >= 15 is 0 Å². The third-order valence-corrected chi connectivity index (χ3v) is 3.05. The first-order valence-corrected chi connectivity index (χ1v) is 7.65. The van der Waals surface area contributed by atoms with Gasteiger partial charge in [-0.1, -0.05) is 0 Å². The highest BCUT2D eigenvalue weighted by Gasteiger charge is 2.17. The van der Waals surface area contributed by atoms with E-state index in [1.165, 1.54) is 0 Å². The van der Waals surface area contributed by atoms with Gasteiger partial charge in [0.25, 0.3) is 0 Å². The first kappa shape index (κ1) is 17.9. The fourth-order valence-electron chi connectivity index (χ4n) is 2.05. The number of hydrogen-bond donors (Lipinski definition) is 1. The van der Waals surface area contributed by atoms with E-state index in [-0.39, 0.29) is 24.7 Å². The van der Waals surface area contributed by atoms with Crippen molar-refractivity contribution in [3.05, 3.63) is 0 Å². The van der Waals surface area contributed by atoms with Gasteiger partial charge < -0.3 is 14.8 Å². The Bertz CT molecular complexity index is 333. The Kier molecular flexibility index (Phi) is 7.67. The fraction of sp³-hybridized carbons (Fsp3) is 0.867. The van der Waals surface area contributed by atoms with E-state index in [9.17, 15) is 9.59 Å². The molecule has 0 radical (unpaired) electrons. The summed E-state index contributed by atoms with van der Waals surface area (Å²) < 4.78 is 10.4. The van der Waals surface area contributed by atoms with E-state index < -0.39 is 5.60 Å². The summed E-state index contributed by atoms with van der Waals surface area (Å²) in [6.45, 7) is 10.6. The number of ether oxygens (including phenoxy) is 2. The van der Waals surface area contributed by atoms with Gasteiger partial charge in [-0.2, -0.15) is 0 Å². The summed E-state index contributed by atoms with van der Waals surface area (Å²) in [5.41, 5.74) is -0.494. The average molecular weight is 300 g/mol. The van der Waals surface area contributed by atoms with Gasteiger partial charge in [0.1, 0.15) is 5.60 Å². The summed E-state index contributed by atoms with van der Waals surface area (Å²) >= 11 is 0. The van der Waals surface area contributed by atoms with Gasteiger partial charge in [0, 0.05) is 26.1 Å². The van der Waals surface area contributed by atoms with Crippen LogP contribution in [-0.4, -0.2) is 61.8 Å². The van der Waals surface area contributed by atoms with E-state index in [2.05, 4.69) is 10.2 Å². The highest BCUT2D eigenvalue weighted by atomic mass is 16.6. The SMILES string of the molecule is CC(C)(C)OC(=O)CCC(=O)NCCCN1CCOCC1. The van der Waals surface area contributed by atoms with Crippen molar-refractivity contribution in [1.29, 1.82) is 0 Å². The molecule has 0 atom stereocenters. The Morgan fingerprint density at radius 3 is 2.48 bits per heavy atom. The molecule has 1 amide bonds. The van der Waals surface area contributed by atoms with Gasteiger partial charge in [-0.25, -0.2) is 0 Å². The molecule has 0 aromatic rings. The molecule has 1 heterocycles. The number of nitrogens with zero attached hydrogens (tertiary/aromatic N) is 1. The van der Waals surface area contributed by atoms with Crippen LogP contribution in [0.4, 0.5) is 0 Å². The summed E-state index contributed by atoms with van der Waals surface area (Å²) in [6.07, 6.45) is 1.23. The maximum Gasteiger partial charge on any atom is 0.306 e. The van der Waals surface area contributed by atoms with Crippen molar-refractivity contribution in [3.63, 3.8) is 0 Å². The van der Waals surface area contributed by atoms with Crippen LogP contribution in [0.1, 0.15) is 40.0 Å². The van der Waals surface area contributed by atoms with E-state index in [0.717, 1.165) is 39.3 Å². The molecule has 122 valence electrons. The molecule has 1 aliphatic rings. The molecule has 0 aliphatic carbocycles. The zero-order valence-electron chi connectivity index (χ0n) is 13.4. The third kappa shape index (κ3) is 9.42. The first-order chi connectivity index (χ1) is 9.87. The van der Waals surface area contributed by atoms with Crippen LogP contribution in [0.25, 0.3) is 0 Å². The molecule has 1 aliphatic heterocycles. The lowest BCUT2D eigenvalue weighted by Crippen LogP contribution is -2.38. The summed E-state index contributed by atoms with van der Waals surface area (Å²) in [4.78, 5) is 25.4. The molecule has 0 saturated carbocycles. The molecular formula is C15H28N2O4. The molecule has 1 rings (SSSR count). The van der Waals surface area contributed by atoms with E-state index in [4.69, 9.17) is 9.47 Å². The molecule has 0 bridgehead atoms. The summed E-state index contributed by atoms with van der Waals surface area (Å²) in [5, 5.41) is 2.84. The predicted molar refractivity (Wildman–Crippen MR) is 80.0 cm³/mol. The molecule has 0 unspecified atom stereocenters. The van der Waals surface area contributed by atoms with Gasteiger partial charge in [-0.05, 0) is 33.7 Å². The van der Waals surface area contributed by atoms with E-state index in [1.807, 2.05) is 20.8 Å². The molecule has 1 N–H and O–H groups in total. The van der Waals surface area contributed by atoms with E-state index in [1.54, 1.807) is 0 Å². The maximum absolute atomic E-state index is 11.6. The van der Waals surface area contributed by atoms with Crippen LogP contribution in [-0.2, 0) is 19.1 Å². The molecule has 0 spiro atoms. The van der Waals surface area contributed by atoms with Gasteiger partial charge in [-0.3, -0.25) is 14.5 Å². The van der Waals surface area contributed by atoms with Gasteiger partial charge in [0.2, 0.25) is 5.91 Å². The van der Waals surface area contributed by atoms with Gasteiger partial charge >= 0.3 is 5.97 Å². The number of nitrogens with one attached hydrogen (secondary N) is 1. The van der Waals surface area contributed by atoms with Crippen LogP contribution in [0.3, 0.4) is 0 Å². The standard InChI is InChI=1S/C15H28N2O4/c1-15(2,3)21-14(19)6-5-13(18)16-7-4-8-17-9-11-20-12-10-17/h4-12H2,1-3H3,(H,16,18). The Morgan fingerprint density at radius 2 is 1.86 bits per heavy atom. The van der Waals surface area contributed by atoms with Crippen molar-refractivity contribution in [2.45, 2.75) is 45.6 Å². The number of esters is 1. The molecule has 1 saturated heterocycles. The van der Waals surface area contributed by atoms with Crippen LogP contribution in [0.5, 0.6) is 0 Å². The highest BCUT2D eigenvalue weighted by molar-refractivity contribution is 5.81. The Morgan fingerprint density at radius 1 is 1.19 bits per heavy atom. The smallest absolute Gasteiger partial charge is 0.306 e. The first-order valence-electron chi connectivity index (χ1n) is 7.65. The third-order valence-electron chi connectivity index (χ3n) is 3.05. The van der Waals surface area contributed by atoms with Crippen molar-refractivity contribution in [3.8, 4) is 0 Å². The average Bonchev–Trinajstić information content (AvgIpc) is 2.41. The Labute approximate surface area is 127 Å². The van der Waals surface area contributed by atoms with Crippen LogP contribution < -0.4 is 5.32 Å². The number of carbonyl (C=O) groups is 2. The topological polar surface area (TPSA) is 67.9 Å². The van der Waals surface area contributed by atoms with Crippen molar-refractivity contribution in [2.24, 2.45) is 0 Å². The zero-order valence-corrected chi connectivity index (χ0v) is 13.4. The fourth-order valence-corrected chi connectivity index (χ4v) is 2.05. The van der Waals surface area contributed by atoms with Crippen molar-refractivity contribution in [1.82, 2.24) is 10.2 Å². The second-order valence-electron chi connectivity index (χ2n) is 6.24.